The predicted molar refractivity (Wildman–Crippen MR) is 129 cm³/mol. The summed E-state index contributed by atoms with van der Waals surface area (Å²) in [5.74, 6) is 0.796. The number of ketones is 1. The number of carbonyl (C=O) groups excluding carboxylic acids is 1. The van der Waals surface area contributed by atoms with Crippen molar-refractivity contribution in [3.05, 3.63) is 61.8 Å². The Hall–Kier alpha value is -2.46. The fraction of sp³-hybridized carbons (Fsp3) is 0.435. The van der Waals surface area contributed by atoms with Crippen molar-refractivity contribution in [1.82, 2.24) is 14.3 Å². The summed E-state index contributed by atoms with van der Waals surface area (Å²) in [6.07, 6.45) is 2.80. The Morgan fingerprint density at radius 3 is 2.97 bits per heavy atom. The van der Waals surface area contributed by atoms with E-state index in [4.69, 9.17) is 21.1 Å². The van der Waals surface area contributed by atoms with Crippen LogP contribution in [0, 0.1) is 5.92 Å². The zero-order valence-corrected chi connectivity index (χ0v) is 20.2. The van der Waals surface area contributed by atoms with E-state index in [1.54, 1.807) is 36.1 Å². The van der Waals surface area contributed by atoms with E-state index >= 15 is 0 Å². The minimum absolute atomic E-state index is 0.168. The first-order valence-electron chi connectivity index (χ1n) is 10.9. The van der Waals surface area contributed by atoms with Crippen molar-refractivity contribution in [2.45, 2.75) is 39.0 Å². The van der Waals surface area contributed by atoms with Crippen LogP contribution >= 0.6 is 22.9 Å². The summed E-state index contributed by atoms with van der Waals surface area (Å²) >= 11 is 7.52. The molecule has 4 rings (SSSR count). The average Bonchev–Trinajstić information content (AvgIpc) is 3.42. The minimum Gasteiger partial charge on any atom is -0.383 e. The summed E-state index contributed by atoms with van der Waals surface area (Å²) in [5.41, 5.74) is 0.395. The number of hydrogen-bond donors (Lipinski definition) is 1. The van der Waals surface area contributed by atoms with Crippen LogP contribution in [0.15, 0.2) is 41.3 Å². The molecule has 1 fully saturated rings. The van der Waals surface area contributed by atoms with Gasteiger partial charge in [-0.1, -0.05) is 18.5 Å². The highest BCUT2D eigenvalue weighted by Gasteiger charge is 2.29. The van der Waals surface area contributed by atoms with E-state index in [2.05, 4.69) is 17.3 Å². The van der Waals surface area contributed by atoms with Gasteiger partial charge < -0.3 is 19.4 Å². The van der Waals surface area contributed by atoms with E-state index in [9.17, 15) is 9.59 Å². The lowest BCUT2D eigenvalue weighted by molar-refractivity contribution is 0.00294. The highest BCUT2D eigenvalue weighted by molar-refractivity contribution is 7.16. The van der Waals surface area contributed by atoms with Crippen molar-refractivity contribution >= 4 is 34.5 Å². The van der Waals surface area contributed by atoms with Gasteiger partial charge in [0.15, 0.2) is 0 Å². The van der Waals surface area contributed by atoms with Gasteiger partial charge in [-0.05, 0) is 43.0 Å². The third-order valence-corrected chi connectivity index (χ3v) is 6.87. The third kappa shape index (κ3) is 5.55. The number of methoxy groups -OCH3 is 1. The van der Waals surface area contributed by atoms with Crippen molar-refractivity contribution < 1.29 is 14.3 Å². The largest absolute Gasteiger partial charge is 0.383 e. The van der Waals surface area contributed by atoms with E-state index in [1.165, 1.54) is 16.0 Å². The number of thiophene rings is 1. The predicted octanol–water partition coefficient (Wildman–Crippen LogP) is 4.01. The van der Waals surface area contributed by atoms with Crippen LogP contribution in [-0.4, -0.2) is 46.6 Å². The van der Waals surface area contributed by atoms with Gasteiger partial charge in [-0.25, -0.2) is 4.68 Å². The smallest absolute Gasteiger partial charge is 0.276 e. The Morgan fingerprint density at radius 2 is 2.24 bits per heavy atom. The molecule has 8 nitrogen and oxygen atoms in total. The second kappa shape index (κ2) is 10.6. The monoisotopic (exact) mass is 490 g/mol. The molecule has 0 aliphatic carbocycles. The fourth-order valence-electron chi connectivity index (χ4n) is 3.80. The summed E-state index contributed by atoms with van der Waals surface area (Å²) in [7, 11) is 1.59. The first-order chi connectivity index (χ1) is 16.0. The van der Waals surface area contributed by atoms with Gasteiger partial charge in [0.25, 0.3) is 5.56 Å². The molecule has 0 amide bonds. The molecule has 0 saturated carbocycles. The fourth-order valence-corrected chi connectivity index (χ4v) is 4.82. The number of nitrogens with one attached hydrogen (secondary N) is 1. The maximum Gasteiger partial charge on any atom is 0.276 e. The van der Waals surface area contributed by atoms with Crippen molar-refractivity contribution in [1.29, 1.82) is 0 Å². The number of nitrogens with zero attached hydrogens (tertiary/aromatic N) is 3. The Morgan fingerprint density at radius 1 is 1.39 bits per heavy atom. The number of halogens is 1. The second-order valence-electron chi connectivity index (χ2n) is 8.12. The molecule has 1 aliphatic rings. The normalized spacial score (nSPS) is 18.4. The summed E-state index contributed by atoms with van der Waals surface area (Å²) in [4.78, 5) is 27.3. The van der Waals surface area contributed by atoms with Gasteiger partial charge in [-0.3, -0.25) is 9.59 Å². The molecule has 4 heterocycles. The number of Topliss-reactive ketones (excluding diaryl/α,β-unsaturated/α-hetero) is 1. The second-order valence-corrected chi connectivity index (χ2v) is 9.92. The van der Waals surface area contributed by atoms with Crippen LogP contribution in [0.3, 0.4) is 0 Å². The van der Waals surface area contributed by atoms with Gasteiger partial charge >= 0.3 is 0 Å². The quantitative estimate of drug-likeness (QED) is 0.456. The first-order valence-corrected chi connectivity index (χ1v) is 12.1. The molecule has 2 unspecified atom stereocenters. The van der Waals surface area contributed by atoms with Crippen LogP contribution in [0.25, 0.3) is 5.69 Å². The van der Waals surface area contributed by atoms with E-state index in [1.807, 2.05) is 12.1 Å². The van der Waals surface area contributed by atoms with Crippen molar-refractivity contribution in [2.75, 3.05) is 25.6 Å². The SMILES string of the molecule is COCCn1cccc(-n2nc(C(=O)C3CC(C)CCO3)cc2NCc2ccc(Cl)s2)c1=O. The van der Waals surface area contributed by atoms with Gasteiger partial charge in [0.2, 0.25) is 5.78 Å². The van der Waals surface area contributed by atoms with Crippen molar-refractivity contribution in [3.63, 3.8) is 0 Å². The van der Waals surface area contributed by atoms with Gasteiger partial charge in [-0.15, -0.1) is 11.3 Å². The molecule has 2 atom stereocenters. The molecule has 10 heteroatoms. The topological polar surface area (TPSA) is 87.4 Å². The van der Waals surface area contributed by atoms with Crippen LogP contribution in [0.4, 0.5) is 5.82 Å². The number of carbonyl (C=O) groups is 1. The van der Waals surface area contributed by atoms with Crippen LogP contribution < -0.4 is 10.9 Å². The molecular weight excluding hydrogens is 464 g/mol. The molecule has 176 valence electrons. The lowest BCUT2D eigenvalue weighted by Gasteiger charge is -2.25. The molecule has 1 N–H and O–H groups in total. The van der Waals surface area contributed by atoms with Gasteiger partial charge in [-0.2, -0.15) is 5.10 Å². The summed E-state index contributed by atoms with van der Waals surface area (Å²) in [5, 5.41) is 7.84. The molecule has 0 spiro atoms. The zero-order valence-electron chi connectivity index (χ0n) is 18.6. The van der Waals surface area contributed by atoms with Gasteiger partial charge in [0, 0.05) is 37.4 Å². The van der Waals surface area contributed by atoms with Crippen molar-refractivity contribution in [2.24, 2.45) is 5.92 Å². The van der Waals surface area contributed by atoms with Crippen LogP contribution in [-0.2, 0) is 22.6 Å². The standard InChI is InChI=1S/C23H27ClN4O4S/c1-15-7-10-32-19(12-15)22(29)17-13-21(25-14-16-5-6-20(24)33-16)28(26-17)18-4-3-8-27(23(18)30)9-11-31-2/h3-6,8,13,15,19,25H,7,9-12,14H2,1-2H3. The van der Waals surface area contributed by atoms with E-state index in [-0.39, 0.29) is 17.0 Å². The Bertz CT molecular complexity index is 1170. The zero-order chi connectivity index (χ0) is 23.4. The Balaban J connectivity index is 1.68. The highest BCUT2D eigenvalue weighted by Crippen LogP contribution is 2.26. The molecule has 1 aliphatic heterocycles. The molecule has 0 aromatic carbocycles. The first kappa shape index (κ1) is 23.7. The van der Waals surface area contributed by atoms with Gasteiger partial charge in [0.1, 0.15) is 23.3 Å². The minimum atomic E-state index is -0.518. The van der Waals surface area contributed by atoms with E-state index < -0.39 is 6.10 Å². The molecule has 0 bridgehead atoms. The molecule has 1 saturated heterocycles. The molecule has 3 aromatic heterocycles. The van der Waals surface area contributed by atoms with Crippen molar-refractivity contribution in [3.8, 4) is 5.69 Å². The number of aromatic nitrogens is 3. The Labute approximate surface area is 201 Å². The lowest BCUT2D eigenvalue weighted by Crippen LogP contribution is -2.32. The van der Waals surface area contributed by atoms with E-state index in [0.717, 1.165) is 11.3 Å². The molecular formula is C23H27ClN4O4S. The number of ether oxygens (including phenoxy) is 2. The number of rotatable bonds is 9. The number of pyridine rings is 1. The lowest BCUT2D eigenvalue weighted by atomic mass is 9.94. The molecule has 33 heavy (non-hydrogen) atoms. The number of anilines is 1. The summed E-state index contributed by atoms with van der Waals surface area (Å²) in [6, 6.07) is 8.93. The van der Waals surface area contributed by atoms with Crippen LogP contribution in [0.5, 0.6) is 0 Å². The average molecular weight is 491 g/mol. The van der Waals surface area contributed by atoms with Gasteiger partial charge in [0.05, 0.1) is 17.5 Å². The third-order valence-electron chi connectivity index (χ3n) is 5.64. The molecule has 3 aromatic rings. The van der Waals surface area contributed by atoms with Crippen LogP contribution in [0.1, 0.15) is 35.1 Å². The van der Waals surface area contributed by atoms with E-state index in [0.29, 0.717) is 54.5 Å². The summed E-state index contributed by atoms with van der Waals surface area (Å²) < 4.78 is 14.6. The maximum absolute atomic E-state index is 13.2. The maximum atomic E-state index is 13.2. The Kier molecular flexibility index (Phi) is 7.64. The van der Waals surface area contributed by atoms with Crippen LogP contribution in [0.2, 0.25) is 4.34 Å². The molecule has 0 radical (unpaired) electrons. The summed E-state index contributed by atoms with van der Waals surface area (Å²) in [6.45, 7) is 3.99. The highest BCUT2D eigenvalue weighted by atomic mass is 35.5. The number of hydrogen-bond acceptors (Lipinski definition) is 7.